The van der Waals surface area contributed by atoms with E-state index in [1.165, 1.54) is 11.1 Å². The lowest BCUT2D eigenvalue weighted by Crippen LogP contribution is -2.23. The summed E-state index contributed by atoms with van der Waals surface area (Å²) in [4.78, 5) is 12.9. The van der Waals surface area contributed by atoms with Gasteiger partial charge in [0.05, 0.1) is 10.9 Å². The van der Waals surface area contributed by atoms with Crippen LogP contribution in [0.15, 0.2) is 52.4 Å². The first-order valence-corrected chi connectivity index (χ1v) is 10.2. The molecule has 0 aliphatic heterocycles. The van der Waals surface area contributed by atoms with Gasteiger partial charge in [0.15, 0.2) is 5.16 Å². The molecule has 0 amide bonds. The lowest BCUT2D eigenvalue weighted by molar-refractivity contribution is 0.662. The summed E-state index contributed by atoms with van der Waals surface area (Å²) >= 11 is 7.76. The highest BCUT2D eigenvalue weighted by atomic mass is 35.5. The molecule has 0 aliphatic carbocycles. The number of halogens is 1. The molecule has 0 saturated carbocycles. The van der Waals surface area contributed by atoms with Crippen molar-refractivity contribution in [1.82, 2.24) is 19.2 Å². The van der Waals surface area contributed by atoms with Gasteiger partial charge in [0.1, 0.15) is 0 Å². The summed E-state index contributed by atoms with van der Waals surface area (Å²) in [6.45, 7) is 4.71. The third-order valence-corrected chi connectivity index (χ3v) is 5.67. The van der Waals surface area contributed by atoms with E-state index in [1.54, 1.807) is 28.5 Å². The van der Waals surface area contributed by atoms with E-state index in [-0.39, 0.29) is 5.56 Å². The van der Waals surface area contributed by atoms with Gasteiger partial charge in [-0.3, -0.25) is 13.8 Å². The predicted molar refractivity (Wildman–Crippen MR) is 111 cm³/mol. The Labute approximate surface area is 166 Å². The van der Waals surface area contributed by atoms with E-state index in [0.717, 1.165) is 22.8 Å². The van der Waals surface area contributed by atoms with Gasteiger partial charge in [-0.25, -0.2) is 0 Å². The Morgan fingerprint density at radius 1 is 1.15 bits per heavy atom. The molecular weight excluding hydrogens is 380 g/mol. The van der Waals surface area contributed by atoms with Crippen LogP contribution in [0.1, 0.15) is 24.5 Å². The zero-order valence-electron chi connectivity index (χ0n) is 15.1. The summed E-state index contributed by atoms with van der Waals surface area (Å²) in [6, 6.07) is 13.8. The van der Waals surface area contributed by atoms with Gasteiger partial charge in [0.25, 0.3) is 5.56 Å². The second-order valence-corrected chi connectivity index (χ2v) is 7.89. The number of aryl methyl sites for hydroxylation is 2. The Morgan fingerprint density at radius 2 is 2.00 bits per heavy atom. The maximum Gasteiger partial charge on any atom is 0.262 e. The number of thioether (sulfide) groups is 1. The fourth-order valence-electron chi connectivity index (χ4n) is 3.23. The third kappa shape index (κ3) is 3.35. The minimum atomic E-state index is -0.0792. The van der Waals surface area contributed by atoms with Crippen molar-refractivity contribution in [1.29, 1.82) is 0 Å². The molecule has 4 rings (SSSR count). The summed E-state index contributed by atoms with van der Waals surface area (Å²) in [7, 11) is 0. The maximum absolute atomic E-state index is 12.9. The van der Waals surface area contributed by atoms with Crippen molar-refractivity contribution >= 4 is 40.0 Å². The van der Waals surface area contributed by atoms with E-state index in [0.29, 0.717) is 22.7 Å². The molecule has 0 unspecified atom stereocenters. The molecule has 0 aliphatic rings. The molecule has 2 heterocycles. The van der Waals surface area contributed by atoms with Crippen LogP contribution in [0.25, 0.3) is 16.7 Å². The Morgan fingerprint density at radius 3 is 2.78 bits per heavy atom. The molecular formula is C20H19ClN4OS. The van der Waals surface area contributed by atoms with Gasteiger partial charge in [-0.15, -0.1) is 10.2 Å². The van der Waals surface area contributed by atoms with Crippen molar-refractivity contribution < 1.29 is 0 Å². The summed E-state index contributed by atoms with van der Waals surface area (Å²) in [6.07, 6.45) is 0.834. The van der Waals surface area contributed by atoms with Gasteiger partial charge in [-0.05, 0) is 37.1 Å². The first-order valence-electron chi connectivity index (χ1n) is 8.84. The largest absolute Gasteiger partial charge is 0.276 e. The van der Waals surface area contributed by atoms with Crippen LogP contribution >= 0.6 is 23.4 Å². The highest BCUT2D eigenvalue weighted by Gasteiger charge is 2.17. The molecule has 0 fully saturated rings. The molecule has 138 valence electrons. The van der Waals surface area contributed by atoms with Gasteiger partial charge in [0, 0.05) is 17.3 Å². The predicted octanol–water partition coefficient (Wildman–Crippen LogP) is 4.71. The Kier molecular flexibility index (Phi) is 4.93. The molecule has 0 radical (unpaired) electrons. The Balaban J connectivity index is 1.87. The van der Waals surface area contributed by atoms with E-state index in [2.05, 4.69) is 41.4 Å². The highest BCUT2D eigenvalue weighted by Crippen LogP contribution is 2.26. The maximum atomic E-state index is 12.9. The lowest BCUT2D eigenvalue weighted by atomic mass is 10.2. The average Bonchev–Trinajstić information content (AvgIpc) is 3.07. The molecule has 2 aromatic heterocycles. The van der Waals surface area contributed by atoms with E-state index in [9.17, 15) is 4.79 Å². The summed E-state index contributed by atoms with van der Waals surface area (Å²) < 4.78 is 3.64. The number of aromatic nitrogens is 4. The molecule has 27 heavy (non-hydrogen) atoms. The normalized spacial score (nSPS) is 11.5. The molecule has 0 bridgehead atoms. The van der Waals surface area contributed by atoms with E-state index in [4.69, 9.17) is 11.6 Å². The van der Waals surface area contributed by atoms with Crippen molar-refractivity contribution in [3.8, 4) is 0 Å². The van der Waals surface area contributed by atoms with Gasteiger partial charge in [-0.1, -0.05) is 60.1 Å². The highest BCUT2D eigenvalue weighted by molar-refractivity contribution is 7.98. The number of fused-ring (bicyclic) bond motifs is 3. The van der Waals surface area contributed by atoms with Gasteiger partial charge in [0.2, 0.25) is 5.78 Å². The summed E-state index contributed by atoms with van der Waals surface area (Å²) in [5, 5.41) is 10.6. The second kappa shape index (κ2) is 7.37. The lowest BCUT2D eigenvalue weighted by Gasteiger charge is -2.10. The first-order chi connectivity index (χ1) is 13.1. The smallest absolute Gasteiger partial charge is 0.262 e. The topological polar surface area (TPSA) is 52.2 Å². The zero-order chi connectivity index (χ0) is 19.0. The van der Waals surface area contributed by atoms with Gasteiger partial charge < -0.3 is 0 Å². The number of nitrogens with zero attached hydrogens (tertiary/aromatic N) is 4. The quantitative estimate of drug-likeness (QED) is 0.457. The van der Waals surface area contributed by atoms with Crippen LogP contribution in [0.5, 0.6) is 0 Å². The fourth-order valence-corrected chi connectivity index (χ4v) is 4.28. The monoisotopic (exact) mass is 398 g/mol. The van der Waals surface area contributed by atoms with Crippen molar-refractivity contribution in [2.24, 2.45) is 0 Å². The van der Waals surface area contributed by atoms with Crippen LogP contribution in [0.2, 0.25) is 5.02 Å². The van der Waals surface area contributed by atoms with Crippen molar-refractivity contribution in [2.45, 2.75) is 37.7 Å². The van der Waals surface area contributed by atoms with Crippen LogP contribution in [-0.2, 0) is 12.3 Å². The Hall–Kier alpha value is -2.31. The first kappa shape index (κ1) is 18.1. The molecule has 0 saturated heterocycles. The number of benzene rings is 2. The van der Waals surface area contributed by atoms with Gasteiger partial charge >= 0.3 is 0 Å². The van der Waals surface area contributed by atoms with Crippen LogP contribution in [0, 0.1) is 6.92 Å². The van der Waals surface area contributed by atoms with Gasteiger partial charge in [-0.2, -0.15) is 0 Å². The molecule has 7 heteroatoms. The van der Waals surface area contributed by atoms with E-state index >= 15 is 0 Å². The third-order valence-electron chi connectivity index (χ3n) is 4.43. The molecule has 0 atom stereocenters. The molecule has 2 aromatic carbocycles. The van der Waals surface area contributed by atoms with E-state index < -0.39 is 0 Å². The van der Waals surface area contributed by atoms with Crippen LogP contribution in [-0.4, -0.2) is 19.2 Å². The molecule has 4 aromatic rings. The summed E-state index contributed by atoms with van der Waals surface area (Å²) in [5.74, 6) is 1.35. The van der Waals surface area contributed by atoms with Crippen molar-refractivity contribution in [2.75, 3.05) is 0 Å². The van der Waals surface area contributed by atoms with Crippen molar-refractivity contribution in [3.63, 3.8) is 0 Å². The Bertz CT molecular complexity index is 1200. The number of hydrogen-bond donors (Lipinski definition) is 0. The standard InChI is InChI=1S/C20H19ClN4OS/c1-3-9-24-18(26)16-11-15(21)7-8-17(16)25-19(24)22-23-20(25)27-12-14-6-4-5-13(2)10-14/h4-8,10-11H,3,9,12H2,1-2H3. The minimum absolute atomic E-state index is 0.0792. The van der Waals surface area contributed by atoms with Crippen LogP contribution < -0.4 is 5.56 Å². The summed E-state index contributed by atoms with van der Waals surface area (Å²) in [5.41, 5.74) is 3.16. The van der Waals surface area contributed by atoms with E-state index in [1.807, 2.05) is 17.4 Å². The fraction of sp³-hybridized carbons (Fsp3) is 0.250. The number of rotatable bonds is 5. The molecule has 5 nitrogen and oxygen atoms in total. The molecule has 0 N–H and O–H groups in total. The molecule has 0 spiro atoms. The van der Waals surface area contributed by atoms with Crippen LogP contribution in [0.3, 0.4) is 0 Å². The van der Waals surface area contributed by atoms with Crippen LogP contribution in [0.4, 0.5) is 0 Å². The average molecular weight is 399 g/mol. The number of hydrogen-bond acceptors (Lipinski definition) is 4. The zero-order valence-corrected chi connectivity index (χ0v) is 16.7. The van der Waals surface area contributed by atoms with Crippen molar-refractivity contribution in [3.05, 3.63) is 69.0 Å². The SMILES string of the molecule is CCCn1c(=O)c2cc(Cl)ccc2n2c(SCc3cccc(C)c3)nnc12. The minimum Gasteiger partial charge on any atom is -0.276 e. The second-order valence-electron chi connectivity index (χ2n) is 6.51.